The number of benzene rings is 2. The van der Waals surface area contributed by atoms with Crippen LogP contribution < -0.4 is 10.1 Å². The molecule has 1 N–H and O–H groups in total. The first-order valence-corrected chi connectivity index (χ1v) is 11.6. The van der Waals surface area contributed by atoms with Gasteiger partial charge in [0.15, 0.2) is 0 Å². The van der Waals surface area contributed by atoms with Crippen LogP contribution in [0.25, 0.3) is 0 Å². The van der Waals surface area contributed by atoms with Crippen molar-refractivity contribution in [1.29, 1.82) is 0 Å². The van der Waals surface area contributed by atoms with E-state index in [1.165, 1.54) is 16.4 Å². The second-order valence-electron chi connectivity index (χ2n) is 6.97. The molecule has 7 nitrogen and oxygen atoms in total. The number of amides is 1. The maximum Gasteiger partial charge on any atom is 0.243 e. The van der Waals surface area contributed by atoms with Gasteiger partial charge in [-0.1, -0.05) is 37.3 Å². The number of hydrogen-bond acceptors (Lipinski definition) is 5. The van der Waals surface area contributed by atoms with Crippen molar-refractivity contribution in [2.24, 2.45) is 0 Å². The molecule has 0 aromatic heterocycles. The minimum absolute atomic E-state index is 0.121. The van der Waals surface area contributed by atoms with E-state index in [1.807, 2.05) is 44.2 Å². The van der Waals surface area contributed by atoms with Crippen LogP contribution in [0.5, 0.6) is 5.75 Å². The summed E-state index contributed by atoms with van der Waals surface area (Å²) in [6.07, 6.45) is 0.617. The van der Waals surface area contributed by atoms with Gasteiger partial charge in [0.2, 0.25) is 15.9 Å². The van der Waals surface area contributed by atoms with Crippen molar-refractivity contribution in [3.05, 3.63) is 54.1 Å². The van der Waals surface area contributed by atoms with Gasteiger partial charge in [0, 0.05) is 13.1 Å². The average Bonchev–Trinajstić information content (AvgIpc) is 2.77. The maximum absolute atomic E-state index is 13.0. The lowest BCUT2D eigenvalue weighted by Crippen LogP contribution is -2.40. The van der Waals surface area contributed by atoms with Gasteiger partial charge >= 0.3 is 0 Å². The fourth-order valence-corrected chi connectivity index (χ4v) is 4.90. The van der Waals surface area contributed by atoms with E-state index in [1.54, 1.807) is 6.07 Å². The summed E-state index contributed by atoms with van der Waals surface area (Å²) in [7, 11) is -3.68. The Hall–Kier alpha value is -2.42. The van der Waals surface area contributed by atoms with Gasteiger partial charge in [0.05, 0.1) is 36.3 Å². The van der Waals surface area contributed by atoms with Gasteiger partial charge in [-0.3, -0.25) is 4.79 Å². The highest BCUT2D eigenvalue weighted by atomic mass is 32.2. The molecular formula is C22H28N2O5S. The SMILES string of the molecule is CCOc1ccc(S(=O)(=O)N2CCOCC2)cc1NC(=O)[C@H](CC)c1ccccc1. The molecule has 8 heteroatoms. The van der Waals surface area contributed by atoms with Gasteiger partial charge in [0.25, 0.3) is 0 Å². The van der Waals surface area contributed by atoms with Crippen LogP contribution in [0.2, 0.25) is 0 Å². The van der Waals surface area contributed by atoms with Crippen LogP contribution in [0.1, 0.15) is 31.7 Å². The first-order chi connectivity index (χ1) is 14.5. The van der Waals surface area contributed by atoms with Gasteiger partial charge in [-0.25, -0.2) is 8.42 Å². The lowest BCUT2D eigenvalue weighted by Gasteiger charge is -2.26. The second kappa shape index (κ2) is 10.1. The molecular weight excluding hydrogens is 404 g/mol. The highest BCUT2D eigenvalue weighted by Gasteiger charge is 2.28. The molecule has 0 spiro atoms. The molecule has 0 saturated carbocycles. The van der Waals surface area contributed by atoms with E-state index in [0.717, 1.165) is 5.56 Å². The Bertz CT molecular complexity index is 957. The Morgan fingerprint density at radius 1 is 1.13 bits per heavy atom. The highest BCUT2D eigenvalue weighted by molar-refractivity contribution is 7.89. The number of morpholine rings is 1. The van der Waals surface area contributed by atoms with Gasteiger partial charge < -0.3 is 14.8 Å². The standard InChI is InChI=1S/C22H28N2O5S/c1-3-19(17-8-6-5-7-9-17)22(25)23-20-16-18(10-11-21(20)29-4-2)30(26,27)24-12-14-28-15-13-24/h5-11,16,19H,3-4,12-15H2,1-2H3,(H,23,25)/t19-/m1/s1. The molecule has 162 valence electrons. The molecule has 2 aromatic carbocycles. The topological polar surface area (TPSA) is 84.9 Å². The van der Waals surface area contributed by atoms with Crippen LogP contribution in [0.4, 0.5) is 5.69 Å². The van der Waals surface area contributed by atoms with Crippen molar-refractivity contribution in [3.8, 4) is 5.75 Å². The van der Waals surface area contributed by atoms with Crippen molar-refractivity contribution in [3.63, 3.8) is 0 Å². The molecule has 0 aliphatic carbocycles. The zero-order valence-corrected chi connectivity index (χ0v) is 18.2. The van der Waals surface area contributed by atoms with Crippen LogP contribution in [0, 0.1) is 0 Å². The third-order valence-corrected chi connectivity index (χ3v) is 6.94. The van der Waals surface area contributed by atoms with E-state index in [4.69, 9.17) is 9.47 Å². The van der Waals surface area contributed by atoms with E-state index in [-0.39, 0.29) is 16.7 Å². The third-order valence-electron chi connectivity index (χ3n) is 5.04. The van der Waals surface area contributed by atoms with E-state index >= 15 is 0 Å². The molecule has 0 unspecified atom stereocenters. The lowest BCUT2D eigenvalue weighted by molar-refractivity contribution is -0.117. The largest absolute Gasteiger partial charge is 0.492 e. The van der Waals surface area contributed by atoms with Crippen molar-refractivity contribution in [2.75, 3.05) is 38.2 Å². The number of rotatable bonds is 8. The van der Waals surface area contributed by atoms with E-state index in [9.17, 15) is 13.2 Å². The van der Waals surface area contributed by atoms with Crippen molar-refractivity contribution in [1.82, 2.24) is 4.31 Å². The summed E-state index contributed by atoms with van der Waals surface area (Å²) in [6.45, 7) is 5.54. The summed E-state index contributed by atoms with van der Waals surface area (Å²) < 4.78 is 38.3. The monoisotopic (exact) mass is 432 g/mol. The van der Waals surface area contributed by atoms with Crippen LogP contribution in [0.15, 0.2) is 53.4 Å². The molecule has 1 saturated heterocycles. The van der Waals surface area contributed by atoms with Crippen molar-refractivity contribution in [2.45, 2.75) is 31.1 Å². The number of hydrogen-bond donors (Lipinski definition) is 1. The minimum atomic E-state index is -3.68. The quantitative estimate of drug-likeness (QED) is 0.692. The van der Waals surface area contributed by atoms with Gasteiger partial charge in [-0.15, -0.1) is 0 Å². The summed E-state index contributed by atoms with van der Waals surface area (Å²) in [5.41, 5.74) is 1.26. The molecule has 30 heavy (non-hydrogen) atoms. The number of carbonyl (C=O) groups excluding carboxylic acids is 1. The molecule has 1 aliphatic heterocycles. The fourth-order valence-electron chi connectivity index (χ4n) is 3.46. The van der Waals surface area contributed by atoms with Gasteiger partial charge in [-0.05, 0) is 37.1 Å². The summed E-state index contributed by atoms with van der Waals surface area (Å²) >= 11 is 0. The Kier molecular flexibility index (Phi) is 7.47. The van der Waals surface area contributed by atoms with Crippen LogP contribution in [-0.2, 0) is 19.6 Å². The number of ether oxygens (including phenoxy) is 2. The Morgan fingerprint density at radius 2 is 1.83 bits per heavy atom. The number of sulfonamides is 1. The highest BCUT2D eigenvalue weighted by Crippen LogP contribution is 2.31. The average molecular weight is 433 g/mol. The summed E-state index contributed by atoms with van der Waals surface area (Å²) in [5, 5.41) is 2.89. The van der Waals surface area contributed by atoms with E-state index in [2.05, 4.69) is 5.32 Å². The molecule has 1 atom stereocenters. The van der Waals surface area contributed by atoms with Crippen molar-refractivity contribution >= 4 is 21.6 Å². The Balaban J connectivity index is 1.90. The number of nitrogens with zero attached hydrogens (tertiary/aromatic N) is 1. The summed E-state index contributed by atoms with van der Waals surface area (Å²) in [4.78, 5) is 13.1. The zero-order valence-electron chi connectivity index (χ0n) is 17.3. The summed E-state index contributed by atoms with van der Waals surface area (Å²) in [6, 6.07) is 14.1. The predicted molar refractivity (Wildman–Crippen MR) is 115 cm³/mol. The summed E-state index contributed by atoms with van der Waals surface area (Å²) in [5.74, 6) is -0.111. The molecule has 1 heterocycles. The molecule has 1 aliphatic rings. The molecule has 3 rings (SSSR count). The Labute approximate surface area is 178 Å². The first-order valence-electron chi connectivity index (χ1n) is 10.2. The van der Waals surface area contributed by atoms with Crippen LogP contribution in [-0.4, -0.2) is 51.5 Å². The predicted octanol–water partition coefficient (Wildman–Crippen LogP) is 3.24. The molecule has 0 radical (unpaired) electrons. The molecule has 2 aromatic rings. The van der Waals surface area contributed by atoms with E-state index in [0.29, 0.717) is 50.8 Å². The normalized spacial score (nSPS) is 16.1. The van der Waals surface area contributed by atoms with E-state index < -0.39 is 10.0 Å². The van der Waals surface area contributed by atoms with Crippen molar-refractivity contribution < 1.29 is 22.7 Å². The second-order valence-corrected chi connectivity index (χ2v) is 8.91. The zero-order chi connectivity index (χ0) is 21.6. The first kappa shape index (κ1) is 22.3. The minimum Gasteiger partial charge on any atom is -0.492 e. The number of anilines is 1. The van der Waals surface area contributed by atoms with Gasteiger partial charge in [-0.2, -0.15) is 4.31 Å². The van der Waals surface area contributed by atoms with Crippen LogP contribution in [0.3, 0.4) is 0 Å². The lowest BCUT2D eigenvalue weighted by atomic mass is 9.95. The third kappa shape index (κ3) is 5.00. The Morgan fingerprint density at radius 3 is 2.47 bits per heavy atom. The molecule has 1 fully saturated rings. The maximum atomic E-state index is 13.0. The van der Waals surface area contributed by atoms with Gasteiger partial charge in [0.1, 0.15) is 5.75 Å². The molecule has 1 amide bonds. The fraction of sp³-hybridized carbons (Fsp3) is 0.409. The molecule has 0 bridgehead atoms. The number of nitrogens with one attached hydrogen (secondary N) is 1. The number of carbonyl (C=O) groups is 1. The van der Waals surface area contributed by atoms with Crippen LogP contribution >= 0.6 is 0 Å². The smallest absolute Gasteiger partial charge is 0.243 e.